The van der Waals surface area contributed by atoms with Gasteiger partial charge in [-0.15, -0.1) is 11.3 Å². The average molecular weight is 410 g/mol. The Morgan fingerprint density at radius 3 is 2.83 bits per heavy atom. The molecule has 1 saturated heterocycles. The molecule has 2 aromatic carbocycles. The minimum atomic E-state index is -0.327. The summed E-state index contributed by atoms with van der Waals surface area (Å²) in [6, 6.07) is 13.9. The molecule has 6 nitrogen and oxygen atoms in total. The van der Waals surface area contributed by atoms with Crippen LogP contribution < -0.4 is 5.32 Å². The lowest BCUT2D eigenvalue weighted by Crippen LogP contribution is -2.30. The molecule has 1 atom stereocenters. The molecule has 0 radical (unpaired) electrons. The van der Waals surface area contributed by atoms with E-state index in [1.165, 1.54) is 10.3 Å². The van der Waals surface area contributed by atoms with Gasteiger partial charge in [-0.2, -0.15) is 0 Å². The number of likely N-dealkylation sites (tertiary alicyclic amines) is 1. The molecular weight excluding hydrogens is 386 g/mol. The number of fused-ring (bicyclic) bond motifs is 1. The molecule has 1 aliphatic rings. The highest BCUT2D eigenvalue weighted by molar-refractivity contribution is 7.21. The molecule has 7 heteroatoms. The highest BCUT2D eigenvalue weighted by Gasteiger charge is 2.33. The number of hydrogen-bond acceptors (Lipinski definition) is 5. The van der Waals surface area contributed by atoms with Crippen LogP contribution in [0.2, 0.25) is 0 Å². The third-order valence-corrected chi connectivity index (χ3v) is 6.16. The summed E-state index contributed by atoms with van der Waals surface area (Å²) in [5.41, 5.74) is 3.95. The first-order valence-corrected chi connectivity index (χ1v) is 10.4. The summed E-state index contributed by atoms with van der Waals surface area (Å²) < 4.78 is 6.19. The molecule has 1 N–H and O–H groups in total. The van der Waals surface area contributed by atoms with Crippen molar-refractivity contribution in [2.75, 3.05) is 32.1 Å². The average Bonchev–Trinajstić information content (AvgIpc) is 3.30. The second-order valence-electron chi connectivity index (χ2n) is 7.29. The van der Waals surface area contributed by atoms with Crippen molar-refractivity contribution >= 4 is 39.1 Å². The summed E-state index contributed by atoms with van der Waals surface area (Å²) in [5, 5.41) is 3.88. The first-order valence-electron chi connectivity index (χ1n) is 9.58. The van der Waals surface area contributed by atoms with Crippen LogP contribution in [0.25, 0.3) is 20.8 Å². The fraction of sp³-hybridized carbons (Fsp3) is 0.318. The molecule has 0 aliphatic carbocycles. The van der Waals surface area contributed by atoms with E-state index in [9.17, 15) is 9.59 Å². The molecule has 1 aromatic heterocycles. The minimum absolute atomic E-state index is 0.00335. The number of amides is 2. The van der Waals surface area contributed by atoms with Crippen molar-refractivity contribution in [3.63, 3.8) is 0 Å². The number of carbonyl (C=O) groups is 2. The Morgan fingerprint density at radius 1 is 1.28 bits per heavy atom. The molecule has 150 valence electrons. The maximum absolute atomic E-state index is 12.6. The Morgan fingerprint density at radius 2 is 2.07 bits per heavy atom. The van der Waals surface area contributed by atoms with E-state index < -0.39 is 0 Å². The number of rotatable bonds is 6. The molecule has 0 unspecified atom stereocenters. The van der Waals surface area contributed by atoms with Crippen LogP contribution >= 0.6 is 11.3 Å². The second kappa shape index (κ2) is 8.31. The molecule has 2 amide bonds. The standard InChI is InChI=1S/C22H23N3O3S/c1-14-3-8-18-19(11-14)29-22(24-18)15-4-6-17(7-5-15)23-21(27)16-12-20(26)25(13-16)9-10-28-2/h3-8,11,16H,9-10,12-13H2,1-2H3,(H,23,27)/t16-/m1/s1. The van der Waals surface area contributed by atoms with Gasteiger partial charge in [0.1, 0.15) is 5.01 Å². The number of nitrogens with one attached hydrogen (secondary N) is 1. The van der Waals surface area contributed by atoms with Crippen LogP contribution in [0.3, 0.4) is 0 Å². The summed E-state index contributed by atoms with van der Waals surface area (Å²) >= 11 is 1.66. The summed E-state index contributed by atoms with van der Waals surface area (Å²) in [7, 11) is 1.60. The first kappa shape index (κ1) is 19.5. The van der Waals surface area contributed by atoms with Gasteiger partial charge in [0.2, 0.25) is 11.8 Å². The smallest absolute Gasteiger partial charge is 0.229 e. The van der Waals surface area contributed by atoms with Gasteiger partial charge in [0, 0.05) is 37.9 Å². The number of thiazole rings is 1. The summed E-state index contributed by atoms with van der Waals surface area (Å²) in [6.07, 6.45) is 0.249. The van der Waals surface area contributed by atoms with Crippen LogP contribution in [-0.4, -0.2) is 48.5 Å². The van der Waals surface area contributed by atoms with Gasteiger partial charge >= 0.3 is 0 Å². The Balaban J connectivity index is 1.41. The third-order valence-electron chi connectivity index (χ3n) is 5.09. The van der Waals surface area contributed by atoms with Gasteiger partial charge in [0.05, 0.1) is 22.7 Å². The van der Waals surface area contributed by atoms with Crippen LogP contribution in [0.4, 0.5) is 5.69 Å². The maximum atomic E-state index is 12.6. The molecule has 4 rings (SSSR count). The summed E-state index contributed by atoms with van der Waals surface area (Å²) in [6.45, 7) is 3.52. The highest BCUT2D eigenvalue weighted by Crippen LogP contribution is 2.31. The Hall–Kier alpha value is -2.77. The van der Waals surface area contributed by atoms with E-state index in [0.717, 1.165) is 21.8 Å². The van der Waals surface area contributed by atoms with Crippen molar-refractivity contribution in [1.82, 2.24) is 9.88 Å². The van der Waals surface area contributed by atoms with Gasteiger partial charge in [0.15, 0.2) is 0 Å². The van der Waals surface area contributed by atoms with Gasteiger partial charge in [0.25, 0.3) is 0 Å². The van der Waals surface area contributed by atoms with E-state index in [1.807, 2.05) is 30.3 Å². The van der Waals surface area contributed by atoms with Gasteiger partial charge in [-0.3, -0.25) is 9.59 Å². The van der Waals surface area contributed by atoms with E-state index in [2.05, 4.69) is 24.4 Å². The quantitative estimate of drug-likeness (QED) is 0.674. The summed E-state index contributed by atoms with van der Waals surface area (Å²) in [4.78, 5) is 31.0. The molecule has 3 aromatic rings. The predicted octanol–water partition coefficient (Wildman–Crippen LogP) is 3.71. The van der Waals surface area contributed by atoms with Crippen molar-refractivity contribution in [1.29, 1.82) is 0 Å². The molecule has 1 fully saturated rings. The predicted molar refractivity (Wildman–Crippen MR) is 115 cm³/mol. The van der Waals surface area contributed by atoms with Gasteiger partial charge in [-0.05, 0) is 48.9 Å². The topological polar surface area (TPSA) is 71.5 Å². The first-order chi connectivity index (χ1) is 14.0. The molecule has 0 bridgehead atoms. The molecular formula is C22H23N3O3S. The summed E-state index contributed by atoms with van der Waals surface area (Å²) in [5.74, 6) is -0.448. The van der Waals surface area contributed by atoms with Crippen molar-refractivity contribution in [2.24, 2.45) is 5.92 Å². The van der Waals surface area contributed by atoms with Gasteiger partial charge in [-0.1, -0.05) is 6.07 Å². The largest absolute Gasteiger partial charge is 0.383 e. The lowest BCUT2D eigenvalue weighted by Gasteiger charge is -2.15. The number of carbonyl (C=O) groups excluding carboxylic acids is 2. The zero-order chi connectivity index (χ0) is 20.4. The SMILES string of the molecule is COCCN1C[C@H](C(=O)Nc2ccc(-c3nc4ccc(C)cc4s3)cc2)CC1=O. The highest BCUT2D eigenvalue weighted by atomic mass is 32.1. The van der Waals surface area contributed by atoms with Crippen molar-refractivity contribution in [2.45, 2.75) is 13.3 Å². The monoisotopic (exact) mass is 409 g/mol. The molecule has 29 heavy (non-hydrogen) atoms. The van der Waals surface area contributed by atoms with Crippen LogP contribution in [-0.2, 0) is 14.3 Å². The van der Waals surface area contributed by atoms with E-state index in [-0.39, 0.29) is 24.2 Å². The second-order valence-corrected chi connectivity index (χ2v) is 8.32. The van der Waals surface area contributed by atoms with Crippen molar-refractivity contribution in [3.8, 4) is 10.6 Å². The lowest BCUT2D eigenvalue weighted by atomic mass is 10.1. The molecule has 2 heterocycles. The van der Waals surface area contributed by atoms with Crippen LogP contribution in [0.5, 0.6) is 0 Å². The number of aromatic nitrogens is 1. The zero-order valence-electron chi connectivity index (χ0n) is 16.5. The van der Waals surface area contributed by atoms with Crippen LogP contribution in [0, 0.1) is 12.8 Å². The fourth-order valence-electron chi connectivity index (χ4n) is 3.46. The van der Waals surface area contributed by atoms with Gasteiger partial charge in [-0.25, -0.2) is 4.98 Å². The number of nitrogens with zero attached hydrogens (tertiary/aromatic N) is 2. The molecule has 0 spiro atoms. The maximum Gasteiger partial charge on any atom is 0.229 e. The van der Waals surface area contributed by atoms with Crippen LogP contribution in [0.1, 0.15) is 12.0 Å². The number of anilines is 1. The number of benzene rings is 2. The lowest BCUT2D eigenvalue weighted by molar-refractivity contribution is -0.128. The molecule has 0 saturated carbocycles. The zero-order valence-corrected chi connectivity index (χ0v) is 17.3. The Kier molecular flexibility index (Phi) is 5.60. The van der Waals surface area contributed by atoms with E-state index in [4.69, 9.17) is 9.72 Å². The van der Waals surface area contributed by atoms with E-state index in [1.54, 1.807) is 23.3 Å². The Bertz CT molecular complexity index is 1050. The van der Waals surface area contributed by atoms with Crippen LogP contribution in [0.15, 0.2) is 42.5 Å². The number of ether oxygens (including phenoxy) is 1. The number of aryl methyl sites for hydroxylation is 1. The van der Waals surface area contributed by atoms with Crippen molar-refractivity contribution in [3.05, 3.63) is 48.0 Å². The minimum Gasteiger partial charge on any atom is -0.383 e. The van der Waals surface area contributed by atoms with E-state index in [0.29, 0.717) is 19.7 Å². The Labute approximate surface area is 173 Å². The molecule has 1 aliphatic heterocycles. The number of hydrogen-bond donors (Lipinski definition) is 1. The normalized spacial score (nSPS) is 16.6. The van der Waals surface area contributed by atoms with Crippen molar-refractivity contribution < 1.29 is 14.3 Å². The van der Waals surface area contributed by atoms with Gasteiger partial charge < -0.3 is 15.0 Å². The third kappa shape index (κ3) is 4.31. The van der Waals surface area contributed by atoms with E-state index >= 15 is 0 Å². The number of methoxy groups -OCH3 is 1. The fourth-order valence-corrected chi connectivity index (χ4v) is 4.53.